The molecule has 0 saturated heterocycles. The zero-order valence-corrected chi connectivity index (χ0v) is 15.7. The highest BCUT2D eigenvalue weighted by Crippen LogP contribution is 2.31. The molecule has 152 valence electrons. The van der Waals surface area contributed by atoms with Crippen LogP contribution in [-0.4, -0.2) is 30.5 Å². The normalized spacial score (nSPS) is 11.6. The number of benzene rings is 1. The van der Waals surface area contributed by atoms with Crippen molar-refractivity contribution in [3.8, 4) is 11.3 Å². The van der Waals surface area contributed by atoms with E-state index in [4.69, 9.17) is 0 Å². The molecule has 0 radical (unpaired) electrons. The third-order valence-electron chi connectivity index (χ3n) is 4.31. The molecule has 1 aromatic carbocycles. The van der Waals surface area contributed by atoms with E-state index in [0.29, 0.717) is 15.8 Å². The molecule has 0 unspecified atom stereocenters. The maximum absolute atomic E-state index is 13.6. The van der Waals surface area contributed by atoms with Crippen LogP contribution in [0.2, 0.25) is 0 Å². The molecule has 0 atom stereocenters. The van der Waals surface area contributed by atoms with Crippen molar-refractivity contribution in [3.63, 3.8) is 0 Å². The van der Waals surface area contributed by atoms with Gasteiger partial charge in [0.15, 0.2) is 5.69 Å². The highest BCUT2D eigenvalue weighted by atomic mass is 19.4. The van der Waals surface area contributed by atoms with Gasteiger partial charge >= 0.3 is 6.18 Å². The molecule has 1 N–H and O–H groups in total. The van der Waals surface area contributed by atoms with Crippen LogP contribution in [0.1, 0.15) is 27.6 Å². The van der Waals surface area contributed by atoms with E-state index in [2.05, 4.69) is 25.4 Å². The number of alkyl halides is 3. The predicted octanol–water partition coefficient (Wildman–Crippen LogP) is 3.44. The first kappa shape index (κ1) is 19.5. The number of aryl methyl sites for hydroxylation is 1. The van der Waals surface area contributed by atoms with Crippen LogP contribution in [0.5, 0.6) is 0 Å². The average molecular weight is 412 g/mol. The van der Waals surface area contributed by atoms with Crippen LogP contribution in [0.15, 0.2) is 54.7 Å². The van der Waals surface area contributed by atoms with Crippen LogP contribution in [0, 0.1) is 6.92 Å². The van der Waals surface area contributed by atoms with Crippen LogP contribution in [-0.2, 0) is 12.7 Å². The second-order valence-corrected chi connectivity index (χ2v) is 6.54. The van der Waals surface area contributed by atoms with Crippen molar-refractivity contribution >= 4 is 11.7 Å². The maximum atomic E-state index is 13.6. The first-order valence-electron chi connectivity index (χ1n) is 8.91. The number of carbonyl (C=O) groups excluding carboxylic acids is 1. The van der Waals surface area contributed by atoms with Crippen molar-refractivity contribution in [2.75, 3.05) is 0 Å². The lowest BCUT2D eigenvalue weighted by atomic mass is 10.1. The number of fused-ring (bicyclic) bond motifs is 1. The maximum Gasteiger partial charge on any atom is 0.433 e. The summed E-state index contributed by atoms with van der Waals surface area (Å²) in [6.45, 7) is 1.96. The molecule has 0 fully saturated rings. The second-order valence-electron chi connectivity index (χ2n) is 6.54. The number of pyridine rings is 1. The molecule has 4 rings (SSSR count). The van der Waals surface area contributed by atoms with Crippen molar-refractivity contribution in [2.24, 2.45) is 0 Å². The van der Waals surface area contributed by atoms with Gasteiger partial charge in [-0.2, -0.15) is 22.7 Å². The van der Waals surface area contributed by atoms with Crippen LogP contribution < -0.4 is 5.32 Å². The number of amides is 1. The minimum absolute atomic E-state index is 0.0858. The smallest absolute Gasteiger partial charge is 0.344 e. The van der Waals surface area contributed by atoms with Gasteiger partial charge in [-0.05, 0) is 25.1 Å². The Kier molecular flexibility index (Phi) is 4.90. The van der Waals surface area contributed by atoms with Gasteiger partial charge in [0.05, 0.1) is 17.9 Å². The Morgan fingerprint density at radius 2 is 1.87 bits per heavy atom. The summed E-state index contributed by atoms with van der Waals surface area (Å²) in [6.07, 6.45) is -3.15. The Morgan fingerprint density at radius 1 is 1.10 bits per heavy atom. The number of nitrogens with zero attached hydrogens (tertiary/aromatic N) is 5. The standard InChI is InChI=1S/C20H15F3N6O/c1-12-5-7-13(8-6-12)15-10-16(20(21,22)23)29-19(26-15)27-17(28-29)18(30)25-11-14-4-2-3-9-24-14/h2-10H,11H2,1H3,(H,25,30). The Labute approximate surface area is 168 Å². The van der Waals surface area contributed by atoms with E-state index in [1.54, 1.807) is 48.7 Å². The molecule has 1 amide bonds. The molecule has 3 heterocycles. The van der Waals surface area contributed by atoms with Crippen LogP contribution in [0.25, 0.3) is 17.0 Å². The number of nitrogens with one attached hydrogen (secondary N) is 1. The van der Waals surface area contributed by atoms with Crippen molar-refractivity contribution < 1.29 is 18.0 Å². The molecular weight excluding hydrogens is 397 g/mol. The summed E-state index contributed by atoms with van der Waals surface area (Å²) in [7, 11) is 0. The van der Waals surface area contributed by atoms with Gasteiger partial charge < -0.3 is 5.32 Å². The van der Waals surface area contributed by atoms with Gasteiger partial charge in [0.25, 0.3) is 11.7 Å². The van der Waals surface area contributed by atoms with E-state index in [1.165, 1.54) is 0 Å². The third kappa shape index (κ3) is 3.97. The molecule has 4 aromatic rings. The topological polar surface area (TPSA) is 85.1 Å². The molecule has 0 saturated carbocycles. The highest BCUT2D eigenvalue weighted by molar-refractivity contribution is 5.90. The lowest BCUT2D eigenvalue weighted by Crippen LogP contribution is -2.24. The van der Waals surface area contributed by atoms with E-state index in [-0.39, 0.29) is 18.0 Å². The Morgan fingerprint density at radius 3 is 2.53 bits per heavy atom. The predicted molar refractivity (Wildman–Crippen MR) is 101 cm³/mol. The van der Waals surface area contributed by atoms with Gasteiger partial charge in [-0.1, -0.05) is 35.9 Å². The van der Waals surface area contributed by atoms with Crippen LogP contribution >= 0.6 is 0 Å². The lowest BCUT2D eigenvalue weighted by Gasteiger charge is -2.10. The van der Waals surface area contributed by atoms with Crippen molar-refractivity contribution in [3.05, 3.63) is 77.5 Å². The first-order valence-corrected chi connectivity index (χ1v) is 8.91. The van der Waals surface area contributed by atoms with E-state index in [9.17, 15) is 18.0 Å². The lowest BCUT2D eigenvalue weighted by molar-refractivity contribution is -0.142. The summed E-state index contributed by atoms with van der Waals surface area (Å²) in [5.41, 5.74) is 1.07. The van der Waals surface area contributed by atoms with E-state index >= 15 is 0 Å². The number of aromatic nitrogens is 5. The molecule has 0 aliphatic rings. The number of rotatable bonds is 4. The summed E-state index contributed by atoms with van der Waals surface area (Å²) in [5.74, 6) is -1.45. The third-order valence-corrected chi connectivity index (χ3v) is 4.31. The minimum Gasteiger partial charge on any atom is -0.344 e. The average Bonchev–Trinajstić information content (AvgIpc) is 3.16. The van der Waals surface area contributed by atoms with E-state index in [1.807, 2.05) is 6.92 Å². The van der Waals surface area contributed by atoms with Gasteiger partial charge in [0, 0.05) is 11.8 Å². The summed E-state index contributed by atoms with van der Waals surface area (Å²) < 4.78 is 41.4. The summed E-state index contributed by atoms with van der Waals surface area (Å²) in [4.78, 5) is 24.5. The molecule has 0 aliphatic carbocycles. The largest absolute Gasteiger partial charge is 0.433 e. The van der Waals surface area contributed by atoms with Crippen molar-refractivity contribution in [2.45, 2.75) is 19.6 Å². The fourth-order valence-corrected chi connectivity index (χ4v) is 2.79. The van der Waals surface area contributed by atoms with E-state index < -0.39 is 23.6 Å². The fraction of sp³-hybridized carbons (Fsp3) is 0.150. The Bertz CT molecular complexity index is 1200. The quantitative estimate of drug-likeness (QED) is 0.555. The van der Waals surface area contributed by atoms with Gasteiger partial charge in [-0.3, -0.25) is 9.78 Å². The van der Waals surface area contributed by atoms with Crippen molar-refractivity contribution in [1.29, 1.82) is 0 Å². The number of hydrogen-bond donors (Lipinski definition) is 1. The number of hydrogen-bond acceptors (Lipinski definition) is 5. The molecule has 7 nitrogen and oxygen atoms in total. The van der Waals surface area contributed by atoms with Gasteiger partial charge in [-0.25, -0.2) is 4.98 Å². The summed E-state index contributed by atoms with van der Waals surface area (Å²) >= 11 is 0. The Hall–Kier alpha value is -3.82. The zero-order chi connectivity index (χ0) is 21.3. The zero-order valence-electron chi connectivity index (χ0n) is 15.7. The molecule has 10 heteroatoms. The molecule has 0 aliphatic heterocycles. The van der Waals surface area contributed by atoms with Crippen molar-refractivity contribution in [1.82, 2.24) is 29.9 Å². The van der Waals surface area contributed by atoms with Crippen LogP contribution in [0.3, 0.4) is 0 Å². The first-order chi connectivity index (χ1) is 14.3. The van der Waals surface area contributed by atoms with Crippen LogP contribution in [0.4, 0.5) is 13.2 Å². The Balaban J connectivity index is 1.71. The molecule has 0 bridgehead atoms. The SMILES string of the molecule is Cc1ccc(-c2cc(C(F)(F)F)n3nc(C(=O)NCc4ccccn4)nc3n2)cc1. The number of halogens is 3. The van der Waals surface area contributed by atoms with Gasteiger partial charge in [0.1, 0.15) is 0 Å². The summed E-state index contributed by atoms with van der Waals surface area (Å²) in [5, 5.41) is 6.27. The van der Waals surface area contributed by atoms with E-state index in [0.717, 1.165) is 11.6 Å². The highest BCUT2D eigenvalue weighted by Gasteiger charge is 2.36. The summed E-state index contributed by atoms with van der Waals surface area (Å²) in [6, 6.07) is 13.0. The second kappa shape index (κ2) is 7.54. The monoisotopic (exact) mass is 412 g/mol. The van der Waals surface area contributed by atoms with Gasteiger partial charge in [0.2, 0.25) is 5.82 Å². The van der Waals surface area contributed by atoms with Gasteiger partial charge in [-0.15, -0.1) is 5.10 Å². The number of carbonyl (C=O) groups is 1. The molecule has 0 spiro atoms. The molecule has 30 heavy (non-hydrogen) atoms. The molecular formula is C20H15F3N6O. The molecule has 3 aromatic heterocycles. The fourth-order valence-electron chi connectivity index (χ4n) is 2.79. The minimum atomic E-state index is -4.71.